The average molecular weight is 169 g/mol. The number of hydrogen-bond acceptors (Lipinski definition) is 2. The van der Waals surface area contributed by atoms with Crippen LogP contribution in [0.2, 0.25) is 0 Å². The summed E-state index contributed by atoms with van der Waals surface area (Å²) in [5.74, 6) is 0. The Bertz CT molecular complexity index is 261. The molecule has 1 heterocycles. The van der Waals surface area contributed by atoms with Gasteiger partial charge >= 0.3 is 0 Å². The number of aliphatic hydroxyl groups excluding tert-OH is 1. The summed E-state index contributed by atoms with van der Waals surface area (Å²) in [7, 11) is 0. The summed E-state index contributed by atoms with van der Waals surface area (Å²) in [4.78, 5) is 0. The molecule has 0 aliphatic carbocycles. The van der Waals surface area contributed by atoms with E-state index < -0.39 is 0 Å². The molecule has 0 aliphatic rings. The van der Waals surface area contributed by atoms with Gasteiger partial charge < -0.3 is 9.67 Å². The van der Waals surface area contributed by atoms with Crippen molar-refractivity contribution >= 4 is 12.2 Å². The van der Waals surface area contributed by atoms with Gasteiger partial charge in [-0.15, -0.1) is 0 Å². The summed E-state index contributed by atoms with van der Waals surface area (Å²) >= 11 is 4.92. The van der Waals surface area contributed by atoms with Gasteiger partial charge in [0, 0.05) is 16.9 Å². The lowest BCUT2D eigenvalue weighted by atomic mass is 10.3. The Labute approximate surface area is 71.1 Å². The summed E-state index contributed by atoms with van der Waals surface area (Å²) in [5.41, 5.74) is 0. The zero-order valence-corrected chi connectivity index (χ0v) is 7.21. The molecule has 3 heteroatoms. The van der Waals surface area contributed by atoms with E-state index in [0.717, 1.165) is 4.51 Å². The van der Waals surface area contributed by atoms with Crippen molar-refractivity contribution in [1.29, 1.82) is 0 Å². The second-order valence-corrected chi connectivity index (χ2v) is 2.98. The van der Waals surface area contributed by atoms with Gasteiger partial charge in [-0.2, -0.15) is 0 Å². The maximum absolute atomic E-state index is 8.81. The molecule has 0 radical (unpaired) electrons. The summed E-state index contributed by atoms with van der Waals surface area (Å²) < 4.78 is 2.75. The van der Waals surface area contributed by atoms with E-state index in [2.05, 4.69) is 0 Å². The van der Waals surface area contributed by atoms with Crippen molar-refractivity contribution in [1.82, 2.24) is 4.57 Å². The molecule has 1 N–H and O–H groups in total. The summed E-state index contributed by atoms with van der Waals surface area (Å²) in [5, 5.41) is 8.81. The lowest BCUT2D eigenvalue weighted by Crippen LogP contribution is -2.08. The highest BCUT2D eigenvalue weighted by Gasteiger charge is 1.97. The molecule has 0 unspecified atom stereocenters. The molecule has 0 amide bonds. The fraction of sp³-hybridized carbons (Fsp3) is 0.375. The number of nitrogens with zero attached hydrogens (tertiary/aromatic N) is 1. The van der Waals surface area contributed by atoms with Crippen molar-refractivity contribution < 1.29 is 5.11 Å². The van der Waals surface area contributed by atoms with Crippen LogP contribution in [0.3, 0.4) is 0 Å². The highest BCUT2D eigenvalue weighted by atomic mass is 32.1. The topological polar surface area (TPSA) is 25.2 Å². The van der Waals surface area contributed by atoms with Crippen molar-refractivity contribution in [2.45, 2.75) is 13.0 Å². The van der Waals surface area contributed by atoms with Gasteiger partial charge in [-0.1, -0.05) is 12.2 Å². The van der Waals surface area contributed by atoms with E-state index in [1.807, 2.05) is 36.0 Å². The summed E-state index contributed by atoms with van der Waals surface area (Å²) in [6, 6.07) is 3.83. The highest BCUT2D eigenvalue weighted by Crippen LogP contribution is 2.03. The zero-order chi connectivity index (χ0) is 8.27. The Morgan fingerprint density at radius 1 is 1.55 bits per heavy atom. The van der Waals surface area contributed by atoms with Crippen LogP contribution in [0.5, 0.6) is 0 Å². The van der Waals surface area contributed by atoms with Crippen LogP contribution >= 0.6 is 12.2 Å². The fourth-order valence-electron chi connectivity index (χ4n) is 0.812. The van der Waals surface area contributed by atoms with Gasteiger partial charge in [0.15, 0.2) is 0 Å². The highest BCUT2D eigenvalue weighted by molar-refractivity contribution is 7.71. The van der Waals surface area contributed by atoms with Crippen LogP contribution in [-0.4, -0.2) is 16.3 Å². The van der Waals surface area contributed by atoms with Crippen LogP contribution < -0.4 is 0 Å². The molecule has 60 valence electrons. The Balaban J connectivity index is 2.89. The minimum absolute atomic E-state index is 0.130. The molecule has 0 aromatic carbocycles. The van der Waals surface area contributed by atoms with Gasteiger partial charge in [0.1, 0.15) is 0 Å². The van der Waals surface area contributed by atoms with Gasteiger partial charge in [0.25, 0.3) is 0 Å². The van der Waals surface area contributed by atoms with Gasteiger partial charge in [0.05, 0.1) is 12.6 Å². The van der Waals surface area contributed by atoms with E-state index in [1.165, 1.54) is 0 Å². The maximum atomic E-state index is 8.81. The molecule has 11 heavy (non-hydrogen) atoms. The molecule has 0 fully saturated rings. The van der Waals surface area contributed by atoms with Crippen LogP contribution in [0.15, 0.2) is 24.5 Å². The first kappa shape index (κ1) is 8.43. The normalized spacial score (nSPS) is 12.9. The molecule has 0 spiro atoms. The van der Waals surface area contributed by atoms with Crippen molar-refractivity contribution in [3.63, 3.8) is 0 Å². The summed E-state index contributed by atoms with van der Waals surface area (Å²) in [6.07, 6.45) is 3.76. The predicted octanol–water partition coefficient (Wildman–Crippen LogP) is 1.77. The maximum Gasteiger partial charge on any atom is 0.0636 e. The van der Waals surface area contributed by atoms with Gasteiger partial charge in [0.2, 0.25) is 0 Å². The molecule has 1 aromatic rings. The van der Waals surface area contributed by atoms with Crippen LogP contribution in [0.1, 0.15) is 13.0 Å². The Morgan fingerprint density at radius 2 is 2.09 bits per heavy atom. The third-order valence-corrected chi connectivity index (χ3v) is 1.87. The molecule has 0 aliphatic heterocycles. The van der Waals surface area contributed by atoms with Crippen molar-refractivity contribution in [2.75, 3.05) is 6.61 Å². The first-order valence-electron chi connectivity index (χ1n) is 3.52. The van der Waals surface area contributed by atoms with E-state index in [-0.39, 0.29) is 12.6 Å². The first-order chi connectivity index (χ1) is 5.24. The Hall–Kier alpha value is -0.670. The number of hydrogen-bond donors (Lipinski definition) is 1. The van der Waals surface area contributed by atoms with Crippen LogP contribution in [0.25, 0.3) is 0 Å². The smallest absolute Gasteiger partial charge is 0.0636 e. The SMILES string of the molecule is C[C@H](CO)n1ccc(=S)cc1. The number of pyridine rings is 1. The van der Waals surface area contributed by atoms with Crippen molar-refractivity contribution in [2.24, 2.45) is 0 Å². The number of aliphatic hydroxyl groups is 1. The molecule has 0 bridgehead atoms. The monoisotopic (exact) mass is 169 g/mol. The predicted molar refractivity (Wildman–Crippen MR) is 47.1 cm³/mol. The average Bonchev–Trinajstić information content (AvgIpc) is 2.05. The largest absolute Gasteiger partial charge is 0.394 e. The lowest BCUT2D eigenvalue weighted by Gasteiger charge is -2.11. The van der Waals surface area contributed by atoms with Crippen LogP contribution in [0.4, 0.5) is 0 Å². The quantitative estimate of drug-likeness (QED) is 0.682. The second-order valence-electron chi connectivity index (χ2n) is 2.51. The van der Waals surface area contributed by atoms with Crippen LogP contribution in [0, 0.1) is 4.51 Å². The first-order valence-corrected chi connectivity index (χ1v) is 3.93. The third kappa shape index (κ3) is 2.13. The summed E-state index contributed by atoms with van der Waals surface area (Å²) in [6.45, 7) is 2.10. The minimum Gasteiger partial charge on any atom is -0.394 e. The zero-order valence-electron chi connectivity index (χ0n) is 6.40. The number of aromatic nitrogens is 1. The van der Waals surface area contributed by atoms with E-state index in [9.17, 15) is 0 Å². The second kappa shape index (κ2) is 3.64. The Kier molecular flexibility index (Phi) is 2.79. The van der Waals surface area contributed by atoms with Gasteiger partial charge in [-0.3, -0.25) is 0 Å². The molecule has 2 nitrogen and oxygen atoms in total. The number of rotatable bonds is 2. The van der Waals surface area contributed by atoms with Gasteiger partial charge in [-0.05, 0) is 19.1 Å². The van der Waals surface area contributed by atoms with E-state index in [4.69, 9.17) is 17.3 Å². The van der Waals surface area contributed by atoms with E-state index in [0.29, 0.717) is 0 Å². The molecule has 0 saturated heterocycles. The van der Waals surface area contributed by atoms with Crippen molar-refractivity contribution in [3.05, 3.63) is 29.0 Å². The fourth-order valence-corrected chi connectivity index (χ4v) is 0.934. The lowest BCUT2D eigenvalue weighted by molar-refractivity contribution is 0.238. The van der Waals surface area contributed by atoms with E-state index >= 15 is 0 Å². The molecular weight excluding hydrogens is 158 g/mol. The molecule has 0 saturated carbocycles. The standard InChI is InChI=1S/C8H11NOS/c1-7(6-10)9-4-2-8(11)3-5-9/h2-5,7,10H,6H2,1H3/t7-/m1/s1. The molecule has 1 aromatic heterocycles. The van der Waals surface area contributed by atoms with Crippen molar-refractivity contribution in [3.8, 4) is 0 Å². The minimum atomic E-state index is 0.130. The molecular formula is C8H11NOS. The van der Waals surface area contributed by atoms with Gasteiger partial charge in [-0.25, -0.2) is 0 Å². The van der Waals surface area contributed by atoms with Crippen LogP contribution in [-0.2, 0) is 0 Å². The molecule has 1 rings (SSSR count). The van der Waals surface area contributed by atoms with E-state index in [1.54, 1.807) is 0 Å². The Morgan fingerprint density at radius 3 is 2.55 bits per heavy atom. The molecule has 1 atom stereocenters. The third-order valence-electron chi connectivity index (χ3n) is 1.60.